The number of rotatable bonds is 7. The molecular formula is C22H28N2O5S. The van der Waals surface area contributed by atoms with E-state index in [0.29, 0.717) is 41.8 Å². The van der Waals surface area contributed by atoms with Gasteiger partial charge in [0.15, 0.2) is 11.5 Å². The van der Waals surface area contributed by atoms with Crippen LogP contribution in [0.5, 0.6) is 17.2 Å². The molecule has 0 N–H and O–H groups in total. The zero-order chi connectivity index (χ0) is 21.7. The van der Waals surface area contributed by atoms with Gasteiger partial charge in [0.1, 0.15) is 0 Å². The number of amides is 2. The highest BCUT2D eigenvalue weighted by molar-refractivity contribution is 7.12. The summed E-state index contributed by atoms with van der Waals surface area (Å²) < 4.78 is 16.3. The molecule has 2 amide bonds. The summed E-state index contributed by atoms with van der Waals surface area (Å²) in [6, 6.07) is 7.37. The molecule has 3 rings (SSSR count). The van der Waals surface area contributed by atoms with E-state index in [1.54, 1.807) is 44.2 Å². The zero-order valence-corrected chi connectivity index (χ0v) is 18.7. The van der Waals surface area contributed by atoms with Crippen molar-refractivity contribution in [3.05, 3.63) is 40.1 Å². The third-order valence-corrected chi connectivity index (χ3v) is 6.22. The maximum Gasteiger partial charge on any atom is 0.263 e. The average molecular weight is 433 g/mol. The fraction of sp³-hybridized carbons (Fsp3) is 0.455. The minimum absolute atomic E-state index is 0.00622. The van der Waals surface area contributed by atoms with Gasteiger partial charge in [0.05, 0.1) is 32.1 Å². The summed E-state index contributed by atoms with van der Waals surface area (Å²) in [5, 5.41) is 1.89. The number of piperidine rings is 1. The Labute approximate surface area is 181 Å². The smallest absolute Gasteiger partial charge is 0.263 e. The number of hydrogen-bond donors (Lipinski definition) is 0. The monoisotopic (exact) mass is 432 g/mol. The fourth-order valence-electron chi connectivity index (χ4n) is 3.85. The highest BCUT2D eigenvalue weighted by atomic mass is 32.1. The van der Waals surface area contributed by atoms with Crippen LogP contribution in [-0.2, 0) is 11.3 Å². The highest BCUT2D eigenvalue weighted by Crippen LogP contribution is 2.40. The number of thiophene rings is 1. The van der Waals surface area contributed by atoms with Gasteiger partial charge in [0.2, 0.25) is 11.7 Å². The molecule has 8 heteroatoms. The lowest BCUT2D eigenvalue weighted by atomic mass is 9.96. The average Bonchev–Trinajstić information content (AvgIpc) is 3.32. The van der Waals surface area contributed by atoms with E-state index in [0.717, 1.165) is 18.4 Å². The number of hydrogen-bond acceptors (Lipinski definition) is 6. The lowest BCUT2D eigenvalue weighted by molar-refractivity contribution is -0.136. The Bertz CT molecular complexity index is 884. The van der Waals surface area contributed by atoms with Gasteiger partial charge in [0, 0.05) is 32.2 Å². The molecule has 1 atom stereocenters. The number of ether oxygens (including phenoxy) is 3. The molecule has 30 heavy (non-hydrogen) atoms. The second-order valence-corrected chi connectivity index (χ2v) is 8.20. The van der Waals surface area contributed by atoms with Crippen LogP contribution in [0.25, 0.3) is 0 Å². The third kappa shape index (κ3) is 4.53. The Kier molecular flexibility index (Phi) is 7.20. The summed E-state index contributed by atoms with van der Waals surface area (Å²) in [6.45, 7) is 1.51. The molecule has 0 bridgehead atoms. The highest BCUT2D eigenvalue weighted by Gasteiger charge is 2.31. The molecule has 1 aromatic heterocycles. The Balaban J connectivity index is 1.70. The molecule has 2 aromatic rings. The van der Waals surface area contributed by atoms with Crippen LogP contribution in [0.2, 0.25) is 0 Å². The normalized spacial score (nSPS) is 16.1. The van der Waals surface area contributed by atoms with Crippen molar-refractivity contribution >= 4 is 23.2 Å². The van der Waals surface area contributed by atoms with E-state index < -0.39 is 0 Å². The number of benzene rings is 1. The van der Waals surface area contributed by atoms with Gasteiger partial charge in [-0.3, -0.25) is 9.59 Å². The van der Waals surface area contributed by atoms with Crippen LogP contribution in [0.3, 0.4) is 0 Å². The van der Waals surface area contributed by atoms with Crippen LogP contribution in [0.1, 0.15) is 28.1 Å². The van der Waals surface area contributed by atoms with E-state index in [2.05, 4.69) is 0 Å². The van der Waals surface area contributed by atoms with E-state index in [1.807, 2.05) is 23.6 Å². The molecule has 1 saturated heterocycles. The number of methoxy groups -OCH3 is 3. The van der Waals surface area contributed by atoms with Crippen LogP contribution in [0.15, 0.2) is 29.6 Å². The van der Waals surface area contributed by atoms with E-state index in [-0.39, 0.29) is 17.7 Å². The number of nitrogens with zero attached hydrogens (tertiary/aromatic N) is 2. The minimum Gasteiger partial charge on any atom is -0.493 e. The molecule has 0 aliphatic carbocycles. The quantitative estimate of drug-likeness (QED) is 0.672. The molecule has 1 aromatic carbocycles. The predicted molar refractivity (Wildman–Crippen MR) is 116 cm³/mol. The molecule has 1 aliphatic rings. The maximum atomic E-state index is 13.1. The molecule has 1 unspecified atom stereocenters. The molecule has 1 fully saturated rings. The fourth-order valence-corrected chi connectivity index (χ4v) is 4.54. The first-order valence-corrected chi connectivity index (χ1v) is 10.7. The van der Waals surface area contributed by atoms with Gasteiger partial charge >= 0.3 is 0 Å². The van der Waals surface area contributed by atoms with Crippen molar-refractivity contribution in [1.82, 2.24) is 9.80 Å². The first-order valence-electron chi connectivity index (χ1n) is 9.85. The summed E-state index contributed by atoms with van der Waals surface area (Å²) in [6.07, 6.45) is 1.60. The largest absolute Gasteiger partial charge is 0.493 e. The second kappa shape index (κ2) is 9.84. The maximum absolute atomic E-state index is 13.1. The van der Waals surface area contributed by atoms with E-state index in [4.69, 9.17) is 14.2 Å². The minimum atomic E-state index is -0.209. The summed E-state index contributed by atoms with van der Waals surface area (Å²) in [4.78, 5) is 30.0. The molecule has 1 aliphatic heterocycles. The van der Waals surface area contributed by atoms with Gasteiger partial charge in [-0.25, -0.2) is 0 Å². The molecule has 0 saturated carbocycles. The molecule has 0 radical (unpaired) electrons. The lowest BCUT2D eigenvalue weighted by Gasteiger charge is -2.34. The Hall–Kier alpha value is -2.74. The molecule has 2 heterocycles. The van der Waals surface area contributed by atoms with Gasteiger partial charge in [0.25, 0.3) is 5.91 Å². The zero-order valence-electron chi connectivity index (χ0n) is 17.8. The molecule has 0 spiro atoms. The Morgan fingerprint density at radius 3 is 2.53 bits per heavy atom. The van der Waals surface area contributed by atoms with Crippen LogP contribution in [-0.4, -0.2) is 63.1 Å². The lowest BCUT2D eigenvalue weighted by Crippen LogP contribution is -2.45. The van der Waals surface area contributed by atoms with Crippen LogP contribution in [0, 0.1) is 5.92 Å². The first kappa shape index (κ1) is 22.0. The number of likely N-dealkylation sites (tertiary alicyclic amines) is 1. The number of carbonyl (C=O) groups is 2. The van der Waals surface area contributed by atoms with Crippen molar-refractivity contribution in [2.45, 2.75) is 19.4 Å². The summed E-state index contributed by atoms with van der Waals surface area (Å²) in [5.74, 6) is 1.45. The topological polar surface area (TPSA) is 68.3 Å². The van der Waals surface area contributed by atoms with Crippen molar-refractivity contribution in [1.29, 1.82) is 0 Å². The van der Waals surface area contributed by atoms with Gasteiger partial charge in [-0.05, 0) is 36.4 Å². The van der Waals surface area contributed by atoms with Crippen molar-refractivity contribution in [2.24, 2.45) is 5.92 Å². The summed E-state index contributed by atoms with van der Waals surface area (Å²) in [5.41, 5.74) is 0.827. The third-order valence-electron chi connectivity index (χ3n) is 5.36. The Morgan fingerprint density at radius 1 is 1.13 bits per heavy atom. The number of carbonyl (C=O) groups excluding carboxylic acids is 2. The summed E-state index contributed by atoms with van der Waals surface area (Å²) in [7, 11) is 6.47. The van der Waals surface area contributed by atoms with E-state index in [9.17, 15) is 9.59 Å². The van der Waals surface area contributed by atoms with Crippen molar-refractivity contribution in [3.8, 4) is 17.2 Å². The van der Waals surface area contributed by atoms with Gasteiger partial charge < -0.3 is 24.0 Å². The van der Waals surface area contributed by atoms with Crippen molar-refractivity contribution in [3.63, 3.8) is 0 Å². The van der Waals surface area contributed by atoms with Crippen LogP contribution in [0.4, 0.5) is 0 Å². The van der Waals surface area contributed by atoms with Crippen LogP contribution >= 0.6 is 11.3 Å². The standard InChI is InChI=1S/C22H28N2O5S/c1-23(13-15-9-10-17(27-2)20(29-4)19(15)28-3)21(25)16-7-5-11-24(14-16)22(26)18-8-6-12-30-18/h6,8-10,12,16H,5,7,11,13-14H2,1-4H3. The van der Waals surface area contributed by atoms with Gasteiger partial charge in [-0.2, -0.15) is 0 Å². The molecule has 162 valence electrons. The summed E-state index contributed by atoms with van der Waals surface area (Å²) >= 11 is 1.43. The predicted octanol–water partition coefficient (Wildman–Crippen LogP) is 3.28. The second-order valence-electron chi connectivity index (χ2n) is 7.26. The van der Waals surface area contributed by atoms with Crippen LogP contribution < -0.4 is 14.2 Å². The van der Waals surface area contributed by atoms with Crippen molar-refractivity contribution in [2.75, 3.05) is 41.5 Å². The molecular weight excluding hydrogens is 404 g/mol. The van der Waals surface area contributed by atoms with Gasteiger partial charge in [-0.15, -0.1) is 11.3 Å². The van der Waals surface area contributed by atoms with E-state index in [1.165, 1.54) is 11.3 Å². The van der Waals surface area contributed by atoms with Gasteiger partial charge in [-0.1, -0.05) is 6.07 Å². The van der Waals surface area contributed by atoms with E-state index >= 15 is 0 Å². The first-order chi connectivity index (χ1) is 14.5. The Morgan fingerprint density at radius 2 is 1.90 bits per heavy atom. The SMILES string of the molecule is COc1ccc(CN(C)C(=O)C2CCCN(C(=O)c3cccs3)C2)c(OC)c1OC. The molecule has 7 nitrogen and oxygen atoms in total. The van der Waals surface area contributed by atoms with Crippen molar-refractivity contribution < 1.29 is 23.8 Å².